The maximum absolute atomic E-state index is 5.53. The third kappa shape index (κ3) is 2.87. The first-order valence-electron chi connectivity index (χ1n) is 5.44. The average Bonchev–Trinajstić information content (AvgIpc) is 2.35. The molecule has 1 aromatic carbocycles. The van der Waals surface area contributed by atoms with E-state index in [0.717, 1.165) is 29.9 Å². The van der Waals surface area contributed by atoms with Crippen LogP contribution < -0.4 is 20.7 Å². The monoisotopic (exact) mass is 224 g/mol. The molecule has 0 aliphatic heterocycles. The number of methoxy groups -OCH3 is 2. The van der Waals surface area contributed by atoms with E-state index in [2.05, 4.69) is 12.3 Å². The summed E-state index contributed by atoms with van der Waals surface area (Å²) in [5, 5.41) is 0. The van der Waals surface area contributed by atoms with E-state index in [-0.39, 0.29) is 6.04 Å². The summed E-state index contributed by atoms with van der Waals surface area (Å²) in [6.07, 6.45) is 2.06. The molecule has 0 saturated heterocycles. The molecule has 0 spiro atoms. The van der Waals surface area contributed by atoms with Crippen LogP contribution in [0.1, 0.15) is 31.4 Å². The lowest BCUT2D eigenvalue weighted by Crippen LogP contribution is -2.27. The number of ether oxygens (including phenoxy) is 2. The van der Waals surface area contributed by atoms with Gasteiger partial charge in [0.1, 0.15) is 0 Å². The lowest BCUT2D eigenvalue weighted by molar-refractivity contribution is 0.353. The van der Waals surface area contributed by atoms with Crippen LogP contribution in [-0.2, 0) is 0 Å². The van der Waals surface area contributed by atoms with Crippen molar-refractivity contribution in [3.8, 4) is 11.5 Å². The number of rotatable bonds is 6. The lowest BCUT2D eigenvalue weighted by Gasteiger charge is -2.17. The number of hydrazine groups is 1. The molecule has 0 amide bonds. The molecule has 0 aliphatic carbocycles. The topological polar surface area (TPSA) is 56.5 Å². The van der Waals surface area contributed by atoms with Gasteiger partial charge in [0.25, 0.3) is 0 Å². The van der Waals surface area contributed by atoms with E-state index in [0.29, 0.717) is 0 Å². The van der Waals surface area contributed by atoms with Crippen molar-refractivity contribution in [3.05, 3.63) is 23.8 Å². The number of nitrogens with two attached hydrogens (primary N) is 1. The standard InChI is InChI=1S/C12H20N2O2/c1-4-5-10(14-13)9-6-7-11(15-2)12(8-9)16-3/h6-8,10,14H,4-5,13H2,1-3H3. The molecule has 1 aromatic rings. The van der Waals surface area contributed by atoms with Crippen LogP contribution in [0, 0.1) is 0 Å². The van der Waals surface area contributed by atoms with Crippen molar-refractivity contribution in [2.45, 2.75) is 25.8 Å². The Hall–Kier alpha value is -1.26. The Kier molecular flexibility index (Phi) is 5.08. The molecule has 3 N–H and O–H groups in total. The van der Waals surface area contributed by atoms with Crippen LogP contribution in [0.3, 0.4) is 0 Å². The smallest absolute Gasteiger partial charge is 0.161 e. The van der Waals surface area contributed by atoms with E-state index in [4.69, 9.17) is 15.3 Å². The van der Waals surface area contributed by atoms with E-state index < -0.39 is 0 Å². The van der Waals surface area contributed by atoms with Gasteiger partial charge in [0.15, 0.2) is 11.5 Å². The second kappa shape index (κ2) is 6.35. The normalized spacial score (nSPS) is 12.2. The van der Waals surface area contributed by atoms with E-state index in [1.807, 2.05) is 18.2 Å². The molecule has 0 aliphatic rings. The molecule has 0 radical (unpaired) electrons. The molecule has 1 unspecified atom stereocenters. The van der Waals surface area contributed by atoms with Crippen molar-refractivity contribution in [1.82, 2.24) is 5.43 Å². The number of benzene rings is 1. The van der Waals surface area contributed by atoms with Crippen LogP contribution in [0.5, 0.6) is 11.5 Å². The fraction of sp³-hybridized carbons (Fsp3) is 0.500. The fourth-order valence-electron chi connectivity index (χ4n) is 1.70. The van der Waals surface area contributed by atoms with Crippen LogP contribution in [0.25, 0.3) is 0 Å². The van der Waals surface area contributed by atoms with Crippen LogP contribution in [0.15, 0.2) is 18.2 Å². The highest BCUT2D eigenvalue weighted by molar-refractivity contribution is 5.43. The van der Waals surface area contributed by atoms with Gasteiger partial charge >= 0.3 is 0 Å². The summed E-state index contributed by atoms with van der Waals surface area (Å²) in [6, 6.07) is 6.01. The Balaban J connectivity index is 2.96. The first-order chi connectivity index (χ1) is 7.76. The first kappa shape index (κ1) is 12.8. The third-order valence-electron chi connectivity index (χ3n) is 2.59. The van der Waals surface area contributed by atoms with Crippen molar-refractivity contribution in [2.24, 2.45) is 5.84 Å². The van der Waals surface area contributed by atoms with Crippen molar-refractivity contribution in [1.29, 1.82) is 0 Å². The number of hydrogen-bond donors (Lipinski definition) is 2. The minimum absolute atomic E-state index is 0.157. The Morgan fingerprint density at radius 3 is 2.44 bits per heavy atom. The summed E-state index contributed by atoms with van der Waals surface area (Å²) in [5.74, 6) is 7.00. The highest BCUT2D eigenvalue weighted by Gasteiger charge is 2.11. The van der Waals surface area contributed by atoms with Gasteiger partial charge in [-0.3, -0.25) is 11.3 Å². The molecule has 4 nitrogen and oxygen atoms in total. The van der Waals surface area contributed by atoms with Crippen molar-refractivity contribution in [3.63, 3.8) is 0 Å². The number of hydrogen-bond acceptors (Lipinski definition) is 4. The van der Waals surface area contributed by atoms with Crippen LogP contribution >= 0.6 is 0 Å². The van der Waals surface area contributed by atoms with Crippen molar-refractivity contribution < 1.29 is 9.47 Å². The zero-order valence-corrected chi connectivity index (χ0v) is 10.1. The maximum atomic E-state index is 5.53. The zero-order chi connectivity index (χ0) is 12.0. The summed E-state index contributed by atoms with van der Waals surface area (Å²) in [5.41, 5.74) is 3.92. The predicted octanol–water partition coefficient (Wildman–Crippen LogP) is 2.01. The molecular formula is C12H20N2O2. The van der Waals surface area contributed by atoms with E-state index >= 15 is 0 Å². The minimum Gasteiger partial charge on any atom is -0.493 e. The van der Waals surface area contributed by atoms with Crippen molar-refractivity contribution >= 4 is 0 Å². The fourth-order valence-corrected chi connectivity index (χ4v) is 1.70. The Bertz CT molecular complexity index is 329. The first-order valence-corrected chi connectivity index (χ1v) is 5.44. The van der Waals surface area contributed by atoms with Gasteiger partial charge in [-0.2, -0.15) is 0 Å². The maximum Gasteiger partial charge on any atom is 0.161 e. The Labute approximate surface area is 96.7 Å². The molecule has 1 rings (SSSR count). The molecular weight excluding hydrogens is 204 g/mol. The number of nitrogens with one attached hydrogen (secondary N) is 1. The molecule has 16 heavy (non-hydrogen) atoms. The second-order valence-corrected chi connectivity index (χ2v) is 3.62. The quantitative estimate of drug-likeness (QED) is 0.573. The summed E-state index contributed by atoms with van der Waals surface area (Å²) in [7, 11) is 3.26. The molecule has 4 heteroatoms. The summed E-state index contributed by atoms with van der Waals surface area (Å²) in [6.45, 7) is 2.13. The third-order valence-corrected chi connectivity index (χ3v) is 2.59. The largest absolute Gasteiger partial charge is 0.493 e. The molecule has 0 bridgehead atoms. The van der Waals surface area contributed by atoms with E-state index in [1.54, 1.807) is 14.2 Å². The lowest BCUT2D eigenvalue weighted by atomic mass is 10.0. The van der Waals surface area contributed by atoms with Gasteiger partial charge in [-0.1, -0.05) is 19.4 Å². The van der Waals surface area contributed by atoms with Crippen molar-refractivity contribution in [2.75, 3.05) is 14.2 Å². The van der Waals surface area contributed by atoms with E-state index in [1.165, 1.54) is 0 Å². The Morgan fingerprint density at radius 2 is 1.94 bits per heavy atom. The van der Waals surface area contributed by atoms with Gasteiger partial charge in [-0.05, 0) is 24.1 Å². The van der Waals surface area contributed by atoms with Crippen LogP contribution in [-0.4, -0.2) is 14.2 Å². The van der Waals surface area contributed by atoms with Crippen LogP contribution in [0.2, 0.25) is 0 Å². The highest BCUT2D eigenvalue weighted by atomic mass is 16.5. The molecule has 0 fully saturated rings. The summed E-state index contributed by atoms with van der Waals surface area (Å²) >= 11 is 0. The predicted molar refractivity (Wildman–Crippen MR) is 64.5 cm³/mol. The van der Waals surface area contributed by atoms with Gasteiger partial charge in [-0.15, -0.1) is 0 Å². The van der Waals surface area contributed by atoms with Gasteiger partial charge in [0.2, 0.25) is 0 Å². The molecule has 1 atom stereocenters. The van der Waals surface area contributed by atoms with E-state index in [9.17, 15) is 0 Å². The van der Waals surface area contributed by atoms with Gasteiger partial charge in [0, 0.05) is 6.04 Å². The molecule has 0 heterocycles. The van der Waals surface area contributed by atoms with Gasteiger partial charge < -0.3 is 9.47 Å². The van der Waals surface area contributed by atoms with Gasteiger partial charge in [-0.25, -0.2) is 0 Å². The molecule has 0 aromatic heterocycles. The highest BCUT2D eigenvalue weighted by Crippen LogP contribution is 2.30. The van der Waals surface area contributed by atoms with Gasteiger partial charge in [0.05, 0.1) is 14.2 Å². The molecule has 90 valence electrons. The second-order valence-electron chi connectivity index (χ2n) is 3.62. The summed E-state index contributed by atoms with van der Waals surface area (Å²) in [4.78, 5) is 0. The van der Waals surface area contributed by atoms with Crippen LogP contribution in [0.4, 0.5) is 0 Å². The Morgan fingerprint density at radius 1 is 1.25 bits per heavy atom. The average molecular weight is 224 g/mol. The minimum atomic E-state index is 0.157. The molecule has 0 saturated carbocycles. The zero-order valence-electron chi connectivity index (χ0n) is 10.1. The SMILES string of the molecule is CCCC(NN)c1ccc(OC)c(OC)c1. The summed E-state index contributed by atoms with van der Waals surface area (Å²) < 4.78 is 10.4.